The second kappa shape index (κ2) is 9.23. The van der Waals surface area contributed by atoms with Gasteiger partial charge in [-0.05, 0) is 19.8 Å². The minimum Gasteiger partial charge on any atom is -0.445 e. The zero-order chi connectivity index (χ0) is 22.2. The fourth-order valence-electron chi connectivity index (χ4n) is 3.96. The van der Waals surface area contributed by atoms with Crippen molar-refractivity contribution < 1.29 is 24.2 Å². The van der Waals surface area contributed by atoms with Gasteiger partial charge in [0.2, 0.25) is 11.8 Å². The molecular formula is C20H29N3O5S2. The molecule has 3 aliphatic heterocycles. The molecule has 10 heteroatoms. The molecule has 2 unspecified atom stereocenters. The summed E-state index contributed by atoms with van der Waals surface area (Å²) in [6, 6.07) is -0.574. The fraction of sp³-hybridized carbons (Fsp3) is 0.650. The first-order chi connectivity index (χ1) is 14.2. The molecule has 3 amide bonds. The van der Waals surface area contributed by atoms with E-state index in [1.54, 1.807) is 42.5 Å². The topological polar surface area (TPSA) is 90.4 Å². The van der Waals surface area contributed by atoms with Crippen molar-refractivity contribution in [3.63, 3.8) is 0 Å². The number of likely N-dealkylation sites (N-methyl/N-ethyl adjacent to an activating group) is 1. The third-order valence-electron chi connectivity index (χ3n) is 5.62. The molecule has 30 heavy (non-hydrogen) atoms. The van der Waals surface area contributed by atoms with Crippen LogP contribution in [-0.4, -0.2) is 87.7 Å². The number of ether oxygens (including phenoxy) is 1. The number of fused-ring (bicyclic) bond motifs is 1. The maximum absolute atomic E-state index is 12.6. The van der Waals surface area contributed by atoms with E-state index >= 15 is 0 Å². The smallest absolute Gasteiger partial charge is 0.410 e. The van der Waals surface area contributed by atoms with Crippen molar-refractivity contribution >= 4 is 41.4 Å². The van der Waals surface area contributed by atoms with Gasteiger partial charge in [-0.3, -0.25) is 14.5 Å². The summed E-state index contributed by atoms with van der Waals surface area (Å²) < 4.78 is 6.19. The maximum atomic E-state index is 12.6. The molecule has 3 rings (SSSR count). The molecule has 0 aromatic heterocycles. The van der Waals surface area contributed by atoms with Crippen LogP contribution in [0, 0.1) is 5.92 Å². The largest absolute Gasteiger partial charge is 0.445 e. The van der Waals surface area contributed by atoms with E-state index in [1.807, 2.05) is 13.8 Å². The van der Waals surface area contributed by atoms with Gasteiger partial charge in [0, 0.05) is 31.6 Å². The molecule has 1 N–H and O–H groups in total. The SMILES string of the molecule is C=CCOC(=O)N1CC(SC2=C(C)N3C(=O)[C@@H]([C@@H](O)CC)[C@H]3S2)CC1C(=O)N(C)C. The predicted octanol–water partition coefficient (Wildman–Crippen LogP) is 2.06. The average molecular weight is 456 g/mol. The zero-order valence-corrected chi connectivity index (χ0v) is 19.4. The molecule has 3 aliphatic rings. The van der Waals surface area contributed by atoms with Gasteiger partial charge >= 0.3 is 6.09 Å². The number of likely N-dealkylation sites (tertiary alicyclic amines) is 1. The summed E-state index contributed by atoms with van der Waals surface area (Å²) in [5.74, 6) is -0.537. The number of carbonyl (C=O) groups excluding carboxylic acids is 3. The fourth-order valence-corrected chi connectivity index (χ4v) is 7.28. The van der Waals surface area contributed by atoms with Crippen molar-refractivity contribution in [1.82, 2.24) is 14.7 Å². The lowest BCUT2D eigenvalue weighted by atomic mass is 9.90. The highest BCUT2D eigenvalue weighted by Gasteiger charge is 2.56. The van der Waals surface area contributed by atoms with E-state index in [1.165, 1.54) is 15.9 Å². The highest BCUT2D eigenvalue weighted by atomic mass is 32.2. The van der Waals surface area contributed by atoms with Crippen LogP contribution in [0.25, 0.3) is 0 Å². The summed E-state index contributed by atoms with van der Waals surface area (Å²) in [5.41, 5.74) is 0.891. The summed E-state index contributed by atoms with van der Waals surface area (Å²) in [4.78, 5) is 42.3. The van der Waals surface area contributed by atoms with E-state index in [0.717, 1.165) is 9.93 Å². The number of aliphatic hydroxyl groups is 1. The van der Waals surface area contributed by atoms with Crippen LogP contribution < -0.4 is 0 Å². The van der Waals surface area contributed by atoms with Crippen LogP contribution in [0.5, 0.6) is 0 Å². The van der Waals surface area contributed by atoms with Gasteiger partial charge in [0.15, 0.2) is 0 Å². The lowest BCUT2D eigenvalue weighted by Crippen LogP contribution is -2.60. The Balaban J connectivity index is 1.70. The summed E-state index contributed by atoms with van der Waals surface area (Å²) in [7, 11) is 3.34. The Morgan fingerprint density at radius 1 is 1.47 bits per heavy atom. The average Bonchev–Trinajstić information content (AvgIpc) is 3.24. The monoisotopic (exact) mass is 455 g/mol. The maximum Gasteiger partial charge on any atom is 0.410 e. The van der Waals surface area contributed by atoms with E-state index in [2.05, 4.69) is 6.58 Å². The number of thioether (sulfide) groups is 2. The van der Waals surface area contributed by atoms with Gasteiger partial charge in [-0.25, -0.2) is 4.79 Å². The van der Waals surface area contributed by atoms with Crippen molar-refractivity contribution in [3.8, 4) is 0 Å². The number of amides is 3. The molecular weight excluding hydrogens is 426 g/mol. The Kier molecular flexibility index (Phi) is 7.09. The minimum absolute atomic E-state index is 0.0102. The van der Waals surface area contributed by atoms with Crippen LogP contribution in [0.1, 0.15) is 26.7 Å². The first-order valence-electron chi connectivity index (χ1n) is 10.0. The van der Waals surface area contributed by atoms with E-state index in [0.29, 0.717) is 19.4 Å². The number of rotatable bonds is 7. The molecule has 0 spiro atoms. The van der Waals surface area contributed by atoms with Gasteiger partial charge in [0.05, 0.1) is 16.3 Å². The Bertz CT molecular complexity index is 772. The summed E-state index contributed by atoms with van der Waals surface area (Å²) in [6.45, 7) is 7.82. The molecule has 166 valence electrons. The molecule has 8 nitrogen and oxygen atoms in total. The Morgan fingerprint density at radius 2 is 2.17 bits per heavy atom. The summed E-state index contributed by atoms with van der Waals surface area (Å²) in [6.07, 6.45) is 1.40. The van der Waals surface area contributed by atoms with Gasteiger partial charge in [-0.15, -0.1) is 11.8 Å². The molecule has 0 aliphatic carbocycles. The molecule has 0 bridgehead atoms. The van der Waals surface area contributed by atoms with Crippen LogP contribution in [0.4, 0.5) is 4.79 Å². The standard InChI is InChI=1S/C20H29N3O5S2/c1-6-8-28-20(27)22-10-12(9-13(22)16(25)21(4)5)29-19-11(3)23-17(26)15(14(24)7-2)18(23)30-19/h6,12-15,18,24H,1,7-10H2,2-5H3/t12?,13?,14-,15+,18+/m0/s1. The van der Waals surface area contributed by atoms with E-state index in [-0.39, 0.29) is 35.0 Å². The molecule has 5 atom stereocenters. The first kappa shape index (κ1) is 23.0. The van der Waals surface area contributed by atoms with Crippen LogP contribution >= 0.6 is 23.5 Å². The molecule has 0 saturated carbocycles. The highest BCUT2D eigenvalue weighted by Crippen LogP contribution is 2.55. The number of carbonyl (C=O) groups is 3. The lowest BCUT2D eigenvalue weighted by Gasteiger charge is -2.44. The van der Waals surface area contributed by atoms with Crippen LogP contribution in [0.2, 0.25) is 0 Å². The number of allylic oxidation sites excluding steroid dienone is 1. The van der Waals surface area contributed by atoms with Crippen LogP contribution in [0.15, 0.2) is 22.6 Å². The minimum atomic E-state index is -0.632. The van der Waals surface area contributed by atoms with Crippen LogP contribution in [-0.2, 0) is 14.3 Å². The van der Waals surface area contributed by atoms with Crippen molar-refractivity contribution in [2.45, 2.75) is 49.5 Å². The van der Waals surface area contributed by atoms with Crippen LogP contribution in [0.3, 0.4) is 0 Å². The normalized spacial score (nSPS) is 28.9. The highest BCUT2D eigenvalue weighted by molar-refractivity contribution is 8.23. The second-order valence-corrected chi connectivity index (χ2v) is 10.5. The number of hydrogen-bond donors (Lipinski definition) is 1. The summed E-state index contributed by atoms with van der Waals surface area (Å²) >= 11 is 3.19. The van der Waals surface area contributed by atoms with Gasteiger partial charge in [0.1, 0.15) is 18.0 Å². The third-order valence-corrected chi connectivity index (χ3v) is 8.64. The van der Waals surface area contributed by atoms with Gasteiger partial charge in [-0.1, -0.05) is 31.3 Å². The molecule has 2 fully saturated rings. The predicted molar refractivity (Wildman–Crippen MR) is 117 cm³/mol. The molecule has 0 aromatic rings. The van der Waals surface area contributed by atoms with Crippen molar-refractivity contribution in [2.75, 3.05) is 27.2 Å². The van der Waals surface area contributed by atoms with Gasteiger partial charge < -0.3 is 19.6 Å². The second-order valence-electron chi connectivity index (χ2n) is 7.83. The summed E-state index contributed by atoms with van der Waals surface area (Å²) in [5, 5.41) is 10.1. The number of nitrogens with zero attached hydrogens (tertiary/aromatic N) is 3. The Hall–Kier alpha value is -1.65. The molecule has 3 heterocycles. The van der Waals surface area contributed by atoms with Gasteiger partial charge in [0.25, 0.3) is 0 Å². The number of hydrogen-bond acceptors (Lipinski definition) is 7. The van der Waals surface area contributed by atoms with Crippen molar-refractivity contribution in [1.29, 1.82) is 0 Å². The zero-order valence-electron chi connectivity index (χ0n) is 17.7. The Labute approximate surface area is 185 Å². The van der Waals surface area contributed by atoms with E-state index in [9.17, 15) is 19.5 Å². The quantitative estimate of drug-likeness (QED) is 0.464. The van der Waals surface area contributed by atoms with Gasteiger partial charge in [-0.2, -0.15) is 0 Å². The van der Waals surface area contributed by atoms with Crippen molar-refractivity contribution in [2.24, 2.45) is 5.92 Å². The van der Waals surface area contributed by atoms with E-state index < -0.39 is 18.2 Å². The first-order valence-corrected chi connectivity index (χ1v) is 11.8. The molecule has 0 radical (unpaired) electrons. The third kappa shape index (κ3) is 4.09. The van der Waals surface area contributed by atoms with E-state index in [4.69, 9.17) is 4.74 Å². The number of β-lactam (4-membered cyclic amide) rings is 1. The lowest BCUT2D eigenvalue weighted by molar-refractivity contribution is -0.153. The Morgan fingerprint density at radius 3 is 2.77 bits per heavy atom. The number of aliphatic hydroxyl groups excluding tert-OH is 1. The molecule has 0 aromatic carbocycles. The molecule has 2 saturated heterocycles. The van der Waals surface area contributed by atoms with Crippen molar-refractivity contribution in [3.05, 3.63) is 22.6 Å².